The van der Waals surface area contributed by atoms with Crippen LogP contribution < -0.4 is 10.9 Å². The number of nitrogens with zero attached hydrogens (tertiary/aromatic N) is 3. The van der Waals surface area contributed by atoms with Crippen molar-refractivity contribution in [1.82, 2.24) is 14.3 Å². The summed E-state index contributed by atoms with van der Waals surface area (Å²) < 4.78 is 7.19. The predicted molar refractivity (Wildman–Crippen MR) is 113 cm³/mol. The number of hydrogen-bond donors (Lipinski definition) is 1. The summed E-state index contributed by atoms with van der Waals surface area (Å²) in [6, 6.07) is 8.87. The lowest BCUT2D eigenvalue weighted by Crippen LogP contribution is -2.27. The average Bonchev–Trinajstić information content (AvgIpc) is 3.29. The molecule has 1 aliphatic rings. The Morgan fingerprint density at radius 1 is 1.29 bits per heavy atom. The van der Waals surface area contributed by atoms with Crippen LogP contribution in [0.25, 0.3) is 11.7 Å². The van der Waals surface area contributed by atoms with Gasteiger partial charge in [0.1, 0.15) is 21.5 Å². The molecule has 9 heteroatoms. The standard InChI is InChI=1S/C19H16N4O3S2/c1-2-20-16-13(17(24)22-8-4-3-7-15(22)21-16)10-14-18(25)23(19(27)28-14)11-12-6-5-9-26-12/h3-10,20H,2,11H2,1H3/b14-10-. The number of pyridine rings is 1. The quantitative estimate of drug-likeness (QED) is 0.509. The van der Waals surface area contributed by atoms with Crippen molar-refractivity contribution in [2.45, 2.75) is 13.5 Å². The summed E-state index contributed by atoms with van der Waals surface area (Å²) in [5.41, 5.74) is 0.605. The largest absolute Gasteiger partial charge is 0.467 e. The van der Waals surface area contributed by atoms with Crippen LogP contribution in [0.5, 0.6) is 0 Å². The smallest absolute Gasteiger partial charge is 0.267 e. The van der Waals surface area contributed by atoms with Gasteiger partial charge < -0.3 is 9.73 Å². The normalized spacial score (nSPS) is 15.8. The second kappa shape index (κ2) is 7.61. The average molecular weight is 412 g/mol. The summed E-state index contributed by atoms with van der Waals surface area (Å²) in [5.74, 6) is 0.819. The van der Waals surface area contributed by atoms with Crippen LogP contribution in [0.1, 0.15) is 18.2 Å². The molecule has 142 valence electrons. The summed E-state index contributed by atoms with van der Waals surface area (Å²) in [6.45, 7) is 2.76. The molecule has 0 radical (unpaired) electrons. The lowest BCUT2D eigenvalue weighted by Gasteiger charge is -2.12. The molecule has 0 atom stereocenters. The van der Waals surface area contributed by atoms with Crippen molar-refractivity contribution >= 4 is 51.7 Å². The fourth-order valence-corrected chi connectivity index (χ4v) is 4.10. The summed E-state index contributed by atoms with van der Waals surface area (Å²) in [7, 11) is 0. The Hall–Kier alpha value is -2.91. The molecule has 0 aromatic carbocycles. The topological polar surface area (TPSA) is 79.9 Å². The lowest BCUT2D eigenvalue weighted by atomic mass is 10.2. The molecule has 7 nitrogen and oxygen atoms in total. The van der Waals surface area contributed by atoms with Crippen LogP contribution in [0.4, 0.5) is 5.82 Å². The van der Waals surface area contributed by atoms with Gasteiger partial charge in [0.15, 0.2) is 0 Å². The molecule has 1 N–H and O–H groups in total. The van der Waals surface area contributed by atoms with E-state index in [-0.39, 0.29) is 18.0 Å². The van der Waals surface area contributed by atoms with E-state index in [4.69, 9.17) is 16.6 Å². The van der Waals surface area contributed by atoms with Crippen LogP contribution >= 0.6 is 24.0 Å². The SMILES string of the molecule is CCNc1nc2ccccn2c(=O)c1/C=C1\SC(=S)N(Cc2ccco2)C1=O. The molecule has 4 heterocycles. The first-order valence-corrected chi connectivity index (χ1v) is 9.84. The first-order chi connectivity index (χ1) is 13.6. The number of thioether (sulfide) groups is 1. The molecule has 0 aliphatic carbocycles. The second-order valence-corrected chi connectivity index (χ2v) is 7.66. The maximum atomic E-state index is 13.0. The Balaban J connectivity index is 1.76. The van der Waals surface area contributed by atoms with Crippen LogP contribution in [0.3, 0.4) is 0 Å². The highest BCUT2D eigenvalue weighted by atomic mass is 32.2. The van der Waals surface area contributed by atoms with E-state index in [9.17, 15) is 9.59 Å². The number of carbonyl (C=O) groups excluding carboxylic acids is 1. The van der Waals surface area contributed by atoms with Gasteiger partial charge in [0.05, 0.1) is 23.3 Å². The molecule has 1 saturated heterocycles. The molecule has 28 heavy (non-hydrogen) atoms. The third kappa shape index (κ3) is 3.34. The Morgan fingerprint density at radius 3 is 2.89 bits per heavy atom. The number of carbonyl (C=O) groups is 1. The van der Waals surface area contributed by atoms with Gasteiger partial charge in [-0.2, -0.15) is 0 Å². The number of rotatable bonds is 5. The first kappa shape index (κ1) is 18.5. The van der Waals surface area contributed by atoms with E-state index in [1.165, 1.54) is 9.30 Å². The molecular formula is C19H16N4O3S2. The van der Waals surface area contributed by atoms with Crippen molar-refractivity contribution in [1.29, 1.82) is 0 Å². The minimum Gasteiger partial charge on any atom is -0.467 e. The van der Waals surface area contributed by atoms with Gasteiger partial charge in [0, 0.05) is 12.7 Å². The van der Waals surface area contributed by atoms with Crippen molar-refractivity contribution < 1.29 is 9.21 Å². The summed E-state index contributed by atoms with van der Waals surface area (Å²) in [5, 5.41) is 3.11. The third-order valence-corrected chi connectivity index (χ3v) is 5.53. The molecule has 0 saturated carbocycles. The number of fused-ring (bicyclic) bond motifs is 1. The monoisotopic (exact) mass is 412 g/mol. The zero-order valence-corrected chi connectivity index (χ0v) is 16.5. The molecule has 0 unspecified atom stereocenters. The summed E-state index contributed by atoms with van der Waals surface area (Å²) in [4.78, 5) is 32.2. The Kier molecular flexibility index (Phi) is 5.01. The first-order valence-electron chi connectivity index (χ1n) is 8.61. The van der Waals surface area contributed by atoms with Gasteiger partial charge in [-0.1, -0.05) is 30.0 Å². The van der Waals surface area contributed by atoms with Gasteiger partial charge in [-0.25, -0.2) is 4.98 Å². The molecule has 1 fully saturated rings. The minimum atomic E-state index is -0.258. The van der Waals surface area contributed by atoms with Crippen LogP contribution in [0, 0.1) is 0 Å². The number of thiocarbonyl (C=S) groups is 1. The van der Waals surface area contributed by atoms with Gasteiger partial charge >= 0.3 is 0 Å². The Labute approximate surface area is 170 Å². The van der Waals surface area contributed by atoms with Crippen molar-refractivity contribution in [3.8, 4) is 0 Å². The van der Waals surface area contributed by atoms with Crippen LogP contribution in [0.15, 0.2) is 56.9 Å². The van der Waals surface area contributed by atoms with Crippen molar-refractivity contribution in [2.75, 3.05) is 11.9 Å². The van der Waals surface area contributed by atoms with E-state index in [2.05, 4.69) is 10.3 Å². The molecular weight excluding hydrogens is 396 g/mol. The molecule has 3 aromatic heterocycles. The fourth-order valence-electron chi connectivity index (χ4n) is 2.86. The van der Waals surface area contributed by atoms with E-state index in [0.717, 1.165) is 11.8 Å². The predicted octanol–water partition coefficient (Wildman–Crippen LogP) is 3.12. The molecule has 3 aromatic rings. The van der Waals surface area contributed by atoms with Gasteiger partial charge in [-0.3, -0.25) is 18.9 Å². The van der Waals surface area contributed by atoms with E-state index in [1.54, 1.807) is 42.8 Å². The van der Waals surface area contributed by atoms with E-state index >= 15 is 0 Å². The molecule has 1 amide bonds. The number of anilines is 1. The van der Waals surface area contributed by atoms with Crippen molar-refractivity contribution in [2.24, 2.45) is 0 Å². The van der Waals surface area contributed by atoms with Crippen molar-refractivity contribution in [3.05, 3.63) is 69.4 Å². The number of furan rings is 1. The van der Waals surface area contributed by atoms with Crippen molar-refractivity contribution in [3.63, 3.8) is 0 Å². The molecule has 0 bridgehead atoms. The number of nitrogens with one attached hydrogen (secondary N) is 1. The van der Waals surface area contributed by atoms with Gasteiger partial charge in [-0.05, 0) is 37.3 Å². The van der Waals surface area contributed by atoms with Gasteiger partial charge in [0.25, 0.3) is 11.5 Å². The number of aromatic nitrogens is 2. The number of hydrogen-bond acceptors (Lipinski definition) is 7. The van der Waals surface area contributed by atoms with Crippen LogP contribution in [-0.2, 0) is 11.3 Å². The minimum absolute atomic E-state index is 0.252. The number of amides is 1. The van der Waals surface area contributed by atoms with E-state index < -0.39 is 0 Å². The highest BCUT2D eigenvalue weighted by Gasteiger charge is 2.33. The molecule has 4 rings (SSSR count). The highest BCUT2D eigenvalue weighted by molar-refractivity contribution is 8.26. The van der Waals surface area contributed by atoms with Gasteiger partial charge in [-0.15, -0.1) is 0 Å². The zero-order valence-electron chi connectivity index (χ0n) is 14.9. The molecule has 1 aliphatic heterocycles. The maximum absolute atomic E-state index is 13.0. The van der Waals surface area contributed by atoms with Crippen LogP contribution in [0.2, 0.25) is 0 Å². The van der Waals surface area contributed by atoms with E-state index in [1.807, 2.05) is 13.0 Å². The van der Waals surface area contributed by atoms with Crippen LogP contribution in [-0.4, -0.2) is 31.1 Å². The fraction of sp³-hybridized carbons (Fsp3) is 0.158. The highest BCUT2D eigenvalue weighted by Crippen LogP contribution is 2.34. The Morgan fingerprint density at radius 2 is 2.14 bits per heavy atom. The second-order valence-electron chi connectivity index (χ2n) is 5.99. The van der Waals surface area contributed by atoms with Gasteiger partial charge in [0.2, 0.25) is 0 Å². The summed E-state index contributed by atoms with van der Waals surface area (Å²) >= 11 is 6.51. The summed E-state index contributed by atoms with van der Waals surface area (Å²) in [6.07, 6.45) is 4.77. The van der Waals surface area contributed by atoms with E-state index in [0.29, 0.717) is 38.6 Å². The maximum Gasteiger partial charge on any atom is 0.267 e. The Bertz CT molecular complexity index is 1150. The third-order valence-electron chi connectivity index (χ3n) is 4.16. The molecule has 0 spiro atoms. The zero-order chi connectivity index (χ0) is 19.7. The lowest BCUT2D eigenvalue weighted by molar-refractivity contribution is -0.122.